The first-order chi connectivity index (χ1) is 19.5. The predicted molar refractivity (Wildman–Crippen MR) is 164 cm³/mol. The van der Waals surface area contributed by atoms with Gasteiger partial charge >= 0.3 is 0 Å². The molecule has 0 aliphatic carbocycles. The van der Waals surface area contributed by atoms with Crippen molar-refractivity contribution in [3.8, 4) is 23.0 Å². The summed E-state index contributed by atoms with van der Waals surface area (Å²) >= 11 is 0. The van der Waals surface area contributed by atoms with Gasteiger partial charge in [0, 0.05) is 35.9 Å². The number of ether oxygens (including phenoxy) is 4. The predicted octanol–water partition coefficient (Wildman–Crippen LogP) is 6.51. The fourth-order valence-electron chi connectivity index (χ4n) is 7.02. The maximum absolute atomic E-state index is 12.1. The number of aromatic nitrogens is 1. The molecule has 0 saturated carbocycles. The molecule has 2 aromatic carbocycles. The maximum Gasteiger partial charge on any atom is 0.203 e. The van der Waals surface area contributed by atoms with E-state index < -0.39 is 6.10 Å². The standard InChI is InChI=1S/C33H43N2O5.ClH/c1-6-23-21-35(20-22-16-30(38-7-2)33(40-9-4)31(17-22)39-8-3)15-13-24(23)18-29(35)32(36)26-12-14-34-28-11-10-25(37-5)19-27(26)28;/h6,10-12,14,16-17,19,23-24,29,32,36H,1,7-9,13,15,18,20-21H2,2-5H3;1H/q+1;/t23?,24?,29-,32+,35?;/m0./s1. The van der Waals surface area contributed by atoms with Gasteiger partial charge in [0.05, 0.1) is 45.5 Å². The summed E-state index contributed by atoms with van der Waals surface area (Å²) in [5.74, 6) is 3.78. The number of fused-ring (bicyclic) bond motifs is 4. The van der Waals surface area contributed by atoms with Crippen LogP contribution in [0.2, 0.25) is 0 Å². The van der Waals surface area contributed by atoms with Gasteiger partial charge in [0.1, 0.15) is 24.4 Å². The molecule has 5 atom stereocenters. The van der Waals surface area contributed by atoms with E-state index in [1.165, 1.54) is 0 Å². The molecule has 4 heterocycles. The van der Waals surface area contributed by atoms with Gasteiger partial charge in [0.2, 0.25) is 5.75 Å². The Morgan fingerprint density at radius 2 is 1.76 bits per heavy atom. The van der Waals surface area contributed by atoms with Gasteiger partial charge in [-0.05, 0) is 68.7 Å². The normalized spacial score (nSPS) is 23.9. The first-order valence-electron chi connectivity index (χ1n) is 14.6. The largest absolute Gasteiger partial charge is 0.497 e. The fourth-order valence-corrected chi connectivity index (χ4v) is 7.02. The number of pyridine rings is 1. The van der Waals surface area contributed by atoms with E-state index in [1.807, 2.05) is 45.0 Å². The van der Waals surface area contributed by atoms with Crippen LogP contribution in [0.1, 0.15) is 50.8 Å². The van der Waals surface area contributed by atoms with Gasteiger partial charge in [-0.1, -0.05) is 6.08 Å². The number of benzene rings is 2. The Labute approximate surface area is 250 Å². The van der Waals surface area contributed by atoms with Crippen molar-refractivity contribution in [3.63, 3.8) is 0 Å². The molecule has 2 bridgehead atoms. The van der Waals surface area contributed by atoms with Crippen molar-refractivity contribution in [1.82, 2.24) is 4.98 Å². The highest BCUT2D eigenvalue weighted by atomic mass is 35.5. The van der Waals surface area contributed by atoms with Crippen molar-refractivity contribution in [2.24, 2.45) is 11.8 Å². The minimum Gasteiger partial charge on any atom is -0.497 e. The summed E-state index contributed by atoms with van der Waals surface area (Å²) < 4.78 is 24.3. The molecular formula is C33H44ClN2O5+. The first-order valence-corrected chi connectivity index (χ1v) is 14.6. The van der Waals surface area contributed by atoms with Gasteiger partial charge < -0.3 is 28.5 Å². The minimum atomic E-state index is -0.647. The highest BCUT2D eigenvalue weighted by Crippen LogP contribution is 2.49. The Kier molecular flexibility index (Phi) is 10.1. The third kappa shape index (κ3) is 5.99. The summed E-state index contributed by atoms with van der Waals surface area (Å²) in [6.45, 7) is 14.4. The van der Waals surface area contributed by atoms with E-state index in [0.29, 0.717) is 48.9 Å². The SMILES string of the molecule is C=CC1C[N+]2(Cc3cc(OCC)c(OCC)c(OCC)c3)CCC1C[C@H]2[C@H](O)c1ccnc2ccc(OC)cc12.Cl. The van der Waals surface area contributed by atoms with E-state index in [0.717, 1.165) is 64.7 Å². The van der Waals surface area contributed by atoms with Crippen molar-refractivity contribution < 1.29 is 28.5 Å². The number of methoxy groups -OCH3 is 1. The zero-order valence-electron chi connectivity index (χ0n) is 24.7. The Balaban J connectivity index is 0.00000387. The van der Waals surface area contributed by atoms with Crippen molar-refractivity contribution in [1.29, 1.82) is 0 Å². The van der Waals surface area contributed by atoms with Gasteiger partial charge in [0.15, 0.2) is 11.5 Å². The van der Waals surface area contributed by atoms with Crippen molar-refractivity contribution in [3.05, 3.63) is 66.4 Å². The average molecular weight is 584 g/mol. The Morgan fingerprint density at radius 1 is 1.05 bits per heavy atom. The van der Waals surface area contributed by atoms with Crippen LogP contribution in [0, 0.1) is 11.8 Å². The number of hydrogen-bond acceptors (Lipinski definition) is 6. The molecule has 0 radical (unpaired) electrons. The summed E-state index contributed by atoms with van der Waals surface area (Å²) in [7, 11) is 1.67. The number of aliphatic hydroxyl groups excluding tert-OH is 1. The van der Waals surface area contributed by atoms with Gasteiger partial charge in [0.25, 0.3) is 0 Å². The second-order valence-corrected chi connectivity index (χ2v) is 11.0. The van der Waals surface area contributed by atoms with Crippen molar-refractivity contribution in [2.45, 2.75) is 52.3 Å². The molecule has 8 heteroatoms. The van der Waals surface area contributed by atoms with Gasteiger partial charge in [-0.15, -0.1) is 19.0 Å². The second kappa shape index (κ2) is 13.3. The lowest BCUT2D eigenvalue weighted by Gasteiger charge is -2.58. The van der Waals surface area contributed by atoms with E-state index in [1.54, 1.807) is 13.3 Å². The van der Waals surface area contributed by atoms with E-state index in [-0.39, 0.29) is 18.4 Å². The van der Waals surface area contributed by atoms with Crippen LogP contribution in [0.5, 0.6) is 23.0 Å². The van der Waals surface area contributed by atoms with Crippen LogP contribution < -0.4 is 18.9 Å². The topological polar surface area (TPSA) is 70.0 Å². The quantitative estimate of drug-likeness (QED) is 0.194. The molecule has 0 amide bonds. The number of rotatable bonds is 12. The Bertz CT molecular complexity index is 1320. The first kappa shape index (κ1) is 30.9. The highest BCUT2D eigenvalue weighted by Gasteiger charge is 2.54. The molecule has 6 rings (SSSR count). The van der Waals surface area contributed by atoms with Gasteiger partial charge in [-0.2, -0.15) is 0 Å². The van der Waals surface area contributed by atoms with Gasteiger partial charge in [-0.3, -0.25) is 4.98 Å². The van der Waals surface area contributed by atoms with E-state index in [9.17, 15) is 5.11 Å². The van der Waals surface area contributed by atoms with Crippen LogP contribution in [0.15, 0.2) is 55.3 Å². The van der Waals surface area contributed by atoms with Crippen LogP contribution >= 0.6 is 12.4 Å². The summed E-state index contributed by atoms with van der Waals surface area (Å²) in [4.78, 5) is 4.56. The number of quaternary nitrogens is 1. The van der Waals surface area contributed by atoms with Crippen LogP contribution in [-0.2, 0) is 6.54 Å². The molecule has 3 aliphatic rings. The molecule has 3 saturated heterocycles. The second-order valence-electron chi connectivity index (χ2n) is 11.0. The molecule has 1 N–H and O–H groups in total. The molecule has 222 valence electrons. The van der Waals surface area contributed by atoms with Crippen molar-refractivity contribution in [2.75, 3.05) is 40.0 Å². The molecule has 7 nitrogen and oxygen atoms in total. The lowest BCUT2D eigenvalue weighted by atomic mass is 9.71. The molecule has 0 spiro atoms. The fraction of sp³-hybridized carbons (Fsp3) is 0.485. The number of halogens is 1. The van der Waals surface area contributed by atoms with Crippen LogP contribution in [0.25, 0.3) is 10.9 Å². The Hall–Kier alpha value is -3.00. The zero-order valence-corrected chi connectivity index (χ0v) is 25.5. The summed E-state index contributed by atoms with van der Waals surface area (Å²) in [6, 6.07) is 12.1. The third-order valence-corrected chi connectivity index (χ3v) is 8.81. The van der Waals surface area contributed by atoms with Crippen LogP contribution in [0.3, 0.4) is 0 Å². The minimum absolute atomic E-state index is 0. The van der Waals surface area contributed by atoms with Crippen LogP contribution in [0.4, 0.5) is 0 Å². The number of hydrogen-bond donors (Lipinski definition) is 1. The van der Waals surface area contributed by atoms with E-state index in [4.69, 9.17) is 18.9 Å². The highest BCUT2D eigenvalue weighted by molar-refractivity contribution is 5.85. The molecule has 41 heavy (non-hydrogen) atoms. The molecule has 3 fully saturated rings. The molecule has 3 aromatic rings. The molecular weight excluding hydrogens is 540 g/mol. The van der Waals surface area contributed by atoms with E-state index >= 15 is 0 Å². The third-order valence-electron chi connectivity index (χ3n) is 8.81. The smallest absolute Gasteiger partial charge is 0.203 e. The molecule has 3 unspecified atom stereocenters. The van der Waals surface area contributed by atoms with Crippen molar-refractivity contribution >= 4 is 23.3 Å². The summed E-state index contributed by atoms with van der Waals surface area (Å²) in [5.41, 5.74) is 2.89. The molecule has 1 aromatic heterocycles. The number of aliphatic hydroxyl groups is 1. The zero-order chi connectivity index (χ0) is 28.3. The molecule has 3 aliphatic heterocycles. The summed E-state index contributed by atoms with van der Waals surface area (Å²) in [5, 5.41) is 13.1. The maximum atomic E-state index is 12.1. The lowest BCUT2D eigenvalue weighted by molar-refractivity contribution is -0.984. The number of piperidine rings is 3. The lowest BCUT2D eigenvalue weighted by Crippen LogP contribution is -2.67. The Morgan fingerprint density at radius 3 is 2.39 bits per heavy atom. The average Bonchev–Trinajstić information content (AvgIpc) is 2.98. The number of nitrogens with zero attached hydrogens (tertiary/aromatic N) is 2. The van der Waals surface area contributed by atoms with E-state index in [2.05, 4.69) is 29.8 Å². The monoisotopic (exact) mass is 583 g/mol. The summed E-state index contributed by atoms with van der Waals surface area (Å²) in [6.07, 6.45) is 5.35. The van der Waals surface area contributed by atoms with Crippen LogP contribution in [-0.4, -0.2) is 60.6 Å². The van der Waals surface area contributed by atoms with Gasteiger partial charge in [-0.25, -0.2) is 0 Å².